The monoisotopic (exact) mass is 384 g/mol. The van der Waals surface area contributed by atoms with E-state index in [1.165, 1.54) is 0 Å². The van der Waals surface area contributed by atoms with Crippen LogP contribution in [0.1, 0.15) is 0 Å². The Kier molecular flexibility index (Phi) is 5.66. The van der Waals surface area contributed by atoms with Gasteiger partial charge in [-0.15, -0.1) is 0 Å². The molecule has 0 saturated carbocycles. The molecule has 0 bridgehead atoms. The summed E-state index contributed by atoms with van der Waals surface area (Å²) in [6, 6.07) is 9.39. The van der Waals surface area contributed by atoms with Crippen molar-refractivity contribution >= 4 is 38.8 Å². The number of nitrogens with one attached hydrogen (secondary N) is 1. The number of benzene rings is 2. The summed E-state index contributed by atoms with van der Waals surface area (Å²) in [5, 5.41) is 2.27. The van der Waals surface area contributed by atoms with Crippen LogP contribution < -0.4 is 11.1 Å². The minimum Gasteiger partial charge on any atom is -0.465 e. The predicted octanol–water partition coefficient (Wildman–Crippen LogP) is 2.96. The first-order valence-corrected chi connectivity index (χ1v) is 8.73. The van der Waals surface area contributed by atoms with Gasteiger partial charge in [-0.1, -0.05) is 23.7 Å². The van der Waals surface area contributed by atoms with Crippen LogP contribution in [0, 0.1) is 5.82 Å². The number of methoxy groups -OCH3 is 1. The smallest absolute Gasteiger partial charge is 0.351 e. The number of nitrogen functional groups attached to an aromatic ring is 1. The van der Waals surface area contributed by atoms with Crippen molar-refractivity contribution in [2.45, 2.75) is 4.90 Å². The molecule has 0 aliphatic heterocycles. The molecule has 0 amide bonds. The maximum Gasteiger partial charge on any atom is 0.351 e. The van der Waals surface area contributed by atoms with Crippen LogP contribution in [0.25, 0.3) is 0 Å². The van der Waals surface area contributed by atoms with Crippen molar-refractivity contribution in [1.29, 1.82) is 0 Å². The van der Waals surface area contributed by atoms with E-state index in [0.29, 0.717) is 11.4 Å². The lowest BCUT2D eigenvalue weighted by Gasteiger charge is -2.10. The van der Waals surface area contributed by atoms with Crippen LogP contribution in [0.4, 0.5) is 15.8 Å². The van der Waals surface area contributed by atoms with Crippen molar-refractivity contribution in [1.82, 2.24) is 0 Å². The first kappa shape index (κ1) is 18.8. The van der Waals surface area contributed by atoms with E-state index in [9.17, 15) is 17.6 Å². The molecule has 0 fully saturated rings. The molecule has 25 heavy (non-hydrogen) atoms. The highest BCUT2D eigenvalue weighted by Crippen LogP contribution is 2.26. The molecule has 132 valence electrons. The summed E-state index contributed by atoms with van der Waals surface area (Å²) < 4.78 is 43.2. The third kappa shape index (κ3) is 4.09. The zero-order valence-corrected chi connectivity index (χ0v) is 14.6. The second-order valence-electron chi connectivity index (χ2n) is 4.81. The van der Waals surface area contributed by atoms with Gasteiger partial charge >= 0.3 is 5.97 Å². The largest absolute Gasteiger partial charge is 0.465 e. The number of sulfone groups is 1. The minimum absolute atomic E-state index is 0.349. The van der Waals surface area contributed by atoms with Gasteiger partial charge in [0.25, 0.3) is 0 Å². The lowest BCUT2D eigenvalue weighted by Crippen LogP contribution is -2.17. The number of para-hydroxylation sites is 2. The summed E-state index contributed by atoms with van der Waals surface area (Å²) in [5.74, 6) is -1.87. The molecule has 0 saturated heterocycles. The number of nitrogens with two attached hydrogens (primary N) is 1. The van der Waals surface area contributed by atoms with E-state index in [1.54, 1.807) is 24.3 Å². The summed E-state index contributed by atoms with van der Waals surface area (Å²) >= 11 is 5.62. The molecule has 2 aromatic carbocycles. The molecule has 2 rings (SSSR count). The number of halogens is 2. The second-order valence-corrected chi connectivity index (χ2v) is 7.14. The molecule has 0 aliphatic carbocycles. The van der Waals surface area contributed by atoms with E-state index in [0.717, 1.165) is 31.5 Å². The zero-order valence-electron chi connectivity index (χ0n) is 13.0. The average molecular weight is 385 g/mol. The summed E-state index contributed by atoms with van der Waals surface area (Å²) in [7, 11) is -3.26. The molecule has 0 aliphatic rings. The Balaban J connectivity index is 2.49. The molecule has 6 nitrogen and oxygen atoms in total. The van der Waals surface area contributed by atoms with Gasteiger partial charge in [0.15, 0.2) is 4.91 Å². The number of hydrogen-bond acceptors (Lipinski definition) is 6. The van der Waals surface area contributed by atoms with Crippen molar-refractivity contribution < 1.29 is 22.3 Å². The lowest BCUT2D eigenvalue weighted by molar-refractivity contribution is -0.135. The molecular formula is C16H14ClFN2O4S. The van der Waals surface area contributed by atoms with Crippen molar-refractivity contribution in [3.8, 4) is 0 Å². The van der Waals surface area contributed by atoms with Gasteiger partial charge in [-0.25, -0.2) is 17.6 Å². The van der Waals surface area contributed by atoms with E-state index in [4.69, 9.17) is 17.3 Å². The fourth-order valence-corrected chi connectivity index (χ4v) is 3.43. The fourth-order valence-electron chi connectivity index (χ4n) is 1.89. The Morgan fingerprint density at radius 2 is 1.96 bits per heavy atom. The number of anilines is 2. The third-order valence-electron chi connectivity index (χ3n) is 3.20. The number of hydrogen-bond donors (Lipinski definition) is 2. The average Bonchev–Trinajstić information content (AvgIpc) is 2.58. The van der Waals surface area contributed by atoms with E-state index in [1.807, 2.05) is 0 Å². The van der Waals surface area contributed by atoms with Gasteiger partial charge in [0.2, 0.25) is 9.84 Å². The minimum atomic E-state index is -4.30. The van der Waals surface area contributed by atoms with Crippen molar-refractivity contribution in [2.24, 2.45) is 0 Å². The highest BCUT2D eigenvalue weighted by atomic mass is 35.5. The van der Waals surface area contributed by atoms with Crippen molar-refractivity contribution in [3.63, 3.8) is 0 Å². The first-order valence-electron chi connectivity index (χ1n) is 6.87. The van der Waals surface area contributed by atoms with Crippen LogP contribution in [-0.4, -0.2) is 21.5 Å². The van der Waals surface area contributed by atoms with E-state index < -0.39 is 26.5 Å². The molecule has 0 spiro atoms. The number of carbonyl (C=O) groups excluding carboxylic acids is 1. The molecule has 0 unspecified atom stereocenters. The van der Waals surface area contributed by atoms with Gasteiger partial charge in [-0.05, 0) is 30.3 Å². The quantitative estimate of drug-likeness (QED) is 0.356. The van der Waals surface area contributed by atoms with Crippen LogP contribution >= 0.6 is 11.6 Å². The number of ether oxygens (including phenoxy) is 1. The predicted molar refractivity (Wildman–Crippen MR) is 93.2 cm³/mol. The summed E-state index contributed by atoms with van der Waals surface area (Å²) in [6.07, 6.45) is 0.962. The van der Waals surface area contributed by atoms with Gasteiger partial charge in [-0.2, -0.15) is 0 Å². The number of rotatable bonds is 5. The lowest BCUT2D eigenvalue weighted by atomic mass is 10.3. The maximum absolute atomic E-state index is 13.3. The topological polar surface area (TPSA) is 98.5 Å². The van der Waals surface area contributed by atoms with Gasteiger partial charge in [0.05, 0.1) is 28.4 Å². The SMILES string of the molecule is COC(=O)C(=CNc1ccccc1N)S(=O)(=O)c1ccc(F)c(Cl)c1. The Bertz CT molecular complexity index is 945. The van der Waals surface area contributed by atoms with Crippen LogP contribution in [0.3, 0.4) is 0 Å². The standard InChI is InChI=1S/C16H14ClFN2O4S/c1-24-16(21)15(9-20-14-5-3-2-4-13(14)19)25(22,23)10-6-7-12(18)11(17)8-10/h2-9,20H,19H2,1H3. The second kappa shape index (κ2) is 7.54. The summed E-state index contributed by atoms with van der Waals surface area (Å²) in [6.45, 7) is 0. The summed E-state index contributed by atoms with van der Waals surface area (Å²) in [5.41, 5.74) is 6.51. The number of esters is 1. The highest BCUT2D eigenvalue weighted by Gasteiger charge is 2.28. The van der Waals surface area contributed by atoms with Gasteiger partial charge < -0.3 is 15.8 Å². The molecule has 3 N–H and O–H groups in total. The van der Waals surface area contributed by atoms with Crippen molar-refractivity contribution in [3.05, 3.63) is 64.4 Å². The molecule has 0 heterocycles. The van der Waals surface area contributed by atoms with Crippen LogP contribution in [0.15, 0.2) is 58.5 Å². The Morgan fingerprint density at radius 1 is 1.28 bits per heavy atom. The highest BCUT2D eigenvalue weighted by molar-refractivity contribution is 7.96. The van der Waals surface area contributed by atoms with E-state index in [2.05, 4.69) is 10.1 Å². The Hall–Kier alpha value is -2.58. The maximum atomic E-state index is 13.3. The normalized spacial score (nSPS) is 11.9. The first-order chi connectivity index (χ1) is 11.8. The van der Waals surface area contributed by atoms with Gasteiger partial charge in [0.1, 0.15) is 5.82 Å². The summed E-state index contributed by atoms with van der Waals surface area (Å²) in [4.78, 5) is 10.9. The van der Waals surface area contributed by atoms with Crippen LogP contribution in [0.2, 0.25) is 5.02 Å². The Morgan fingerprint density at radius 3 is 2.56 bits per heavy atom. The van der Waals surface area contributed by atoms with Gasteiger partial charge in [0, 0.05) is 6.20 Å². The van der Waals surface area contributed by atoms with E-state index in [-0.39, 0.29) is 9.92 Å². The molecule has 0 radical (unpaired) electrons. The zero-order chi connectivity index (χ0) is 18.6. The molecular weight excluding hydrogens is 371 g/mol. The fraction of sp³-hybridized carbons (Fsp3) is 0.0625. The molecule has 2 aromatic rings. The van der Waals surface area contributed by atoms with E-state index >= 15 is 0 Å². The molecule has 9 heteroatoms. The Labute approximate surface area is 149 Å². The van der Waals surface area contributed by atoms with Gasteiger partial charge in [-0.3, -0.25) is 0 Å². The van der Waals surface area contributed by atoms with Crippen molar-refractivity contribution in [2.75, 3.05) is 18.2 Å². The van der Waals surface area contributed by atoms with Crippen LogP contribution in [-0.2, 0) is 19.4 Å². The third-order valence-corrected chi connectivity index (χ3v) is 5.22. The molecule has 0 aromatic heterocycles. The number of carbonyl (C=O) groups is 1. The van der Waals surface area contributed by atoms with Crippen LogP contribution in [0.5, 0.6) is 0 Å². The molecule has 0 atom stereocenters.